The minimum Gasteiger partial charge on any atom is -0.207 e. The van der Waals surface area contributed by atoms with E-state index in [2.05, 4.69) is 25.6 Å². The number of rotatable bonds is 3. The minimum absolute atomic E-state index is 0.209. The Morgan fingerprint density at radius 3 is 2.72 bits per heavy atom. The van der Waals surface area contributed by atoms with Crippen molar-refractivity contribution in [2.24, 2.45) is 0 Å². The van der Waals surface area contributed by atoms with Gasteiger partial charge >= 0.3 is 0 Å². The summed E-state index contributed by atoms with van der Waals surface area (Å²) in [6, 6.07) is 9.26. The van der Waals surface area contributed by atoms with E-state index < -0.39 is 0 Å². The fourth-order valence-corrected chi connectivity index (χ4v) is 3.42. The summed E-state index contributed by atoms with van der Waals surface area (Å²) in [6.45, 7) is 6.07. The van der Waals surface area contributed by atoms with E-state index in [1.165, 1.54) is 28.7 Å². The van der Waals surface area contributed by atoms with Gasteiger partial charge in [-0.3, -0.25) is 0 Å². The maximum Gasteiger partial charge on any atom is 0.123 e. The molecule has 1 aliphatic rings. The summed E-state index contributed by atoms with van der Waals surface area (Å²) in [5.74, 6) is -0.209. The van der Waals surface area contributed by atoms with Crippen LogP contribution >= 0.6 is 11.3 Å². The molecule has 0 N–H and O–H groups in total. The summed E-state index contributed by atoms with van der Waals surface area (Å²) >= 11 is 1.82. The summed E-state index contributed by atoms with van der Waals surface area (Å²) in [6.07, 6.45) is 4.28. The predicted octanol–water partition coefficient (Wildman–Crippen LogP) is 5.25. The van der Waals surface area contributed by atoms with Crippen LogP contribution in [-0.2, 0) is 5.41 Å². The van der Waals surface area contributed by atoms with Crippen molar-refractivity contribution in [3.8, 4) is 10.4 Å². The topological polar surface area (TPSA) is 0 Å². The molecule has 0 nitrogen and oxygen atoms in total. The van der Waals surface area contributed by atoms with Gasteiger partial charge in [0.1, 0.15) is 5.82 Å². The Balaban J connectivity index is 2.04. The first-order chi connectivity index (χ1) is 8.62. The van der Waals surface area contributed by atoms with Crippen LogP contribution < -0.4 is 0 Å². The Kier molecular flexibility index (Phi) is 2.63. The van der Waals surface area contributed by atoms with Gasteiger partial charge in [0, 0.05) is 15.2 Å². The Bertz CT molecular complexity index is 605. The Hall–Kier alpha value is -1.41. The number of halogens is 1. The third-order valence-corrected chi connectivity index (χ3v) is 5.12. The van der Waals surface area contributed by atoms with Crippen LogP contribution in [-0.4, -0.2) is 0 Å². The summed E-state index contributed by atoms with van der Waals surface area (Å²) in [7, 11) is 0. The van der Waals surface area contributed by atoms with E-state index in [-0.39, 0.29) is 5.82 Å². The summed E-state index contributed by atoms with van der Waals surface area (Å²) in [5, 5.41) is 0. The first-order valence-corrected chi connectivity index (χ1v) is 6.97. The molecular weight excluding hydrogens is 243 g/mol. The van der Waals surface area contributed by atoms with Gasteiger partial charge in [0.25, 0.3) is 0 Å². The van der Waals surface area contributed by atoms with E-state index in [1.807, 2.05) is 17.4 Å². The molecule has 0 aliphatic heterocycles. The molecule has 0 spiro atoms. The first kappa shape index (κ1) is 11.7. The van der Waals surface area contributed by atoms with Crippen LogP contribution in [0.3, 0.4) is 0 Å². The van der Waals surface area contributed by atoms with Crippen molar-refractivity contribution >= 4 is 17.4 Å². The van der Waals surface area contributed by atoms with Crippen molar-refractivity contribution in [3.05, 3.63) is 53.2 Å². The molecule has 2 aromatic rings. The second-order valence-electron chi connectivity index (χ2n) is 5.16. The molecule has 0 atom stereocenters. The molecule has 1 fully saturated rings. The standard InChI is InChI=1S/C16H15FS/c1-3-11-10-12(17)4-5-13(11)14-6-7-15(18-14)16(2)8-9-16/h3-7,10H,1,8-9H2,2H3. The summed E-state index contributed by atoms with van der Waals surface area (Å²) in [5.41, 5.74) is 2.34. The Labute approximate surface area is 111 Å². The summed E-state index contributed by atoms with van der Waals surface area (Å²) in [4.78, 5) is 2.64. The van der Waals surface area contributed by atoms with Crippen LogP contribution in [0.4, 0.5) is 4.39 Å². The SMILES string of the molecule is C=Cc1cc(F)ccc1-c1ccc(C2(C)CC2)s1. The molecule has 2 heteroatoms. The average Bonchev–Trinajstić information content (AvgIpc) is 2.93. The first-order valence-electron chi connectivity index (χ1n) is 6.15. The molecular formula is C16H15FS. The average molecular weight is 258 g/mol. The molecule has 0 amide bonds. The van der Waals surface area contributed by atoms with Crippen LogP contribution in [0.15, 0.2) is 36.9 Å². The maximum absolute atomic E-state index is 13.2. The monoisotopic (exact) mass is 258 g/mol. The molecule has 1 saturated carbocycles. The lowest BCUT2D eigenvalue weighted by Gasteiger charge is -2.05. The van der Waals surface area contributed by atoms with E-state index in [9.17, 15) is 4.39 Å². The normalized spacial score (nSPS) is 16.6. The molecule has 1 heterocycles. The number of benzene rings is 1. The molecule has 0 radical (unpaired) electrons. The highest BCUT2D eigenvalue weighted by Gasteiger charge is 2.40. The van der Waals surface area contributed by atoms with Gasteiger partial charge in [-0.05, 0) is 48.2 Å². The molecule has 1 aromatic carbocycles. The van der Waals surface area contributed by atoms with Crippen LogP contribution in [0.2, 0.25) is 0 Å². The maximum atomic E-state index is 13.2. The van der Waals surface area contributed by atoms with Crippen molar-refractivity contribution in [2.75, 3.05) is 0 Å². The largest absolute Gasteiger partial charge is 0.207 e. The van der Waals surface area contributed by atoms with Crippen molar-refractivity contribution in [3.63, 3.8) is 0 Å². The lowest BCUT2D eigenvalue weighted by molar-refractivity contribution is 0.627. The highest BCUT2D eigenvalue weighted by atomic mass is 32.1. The molecule has 92 valence electrons. The third kappa shape index (κ3) is 1.91. The van der Waals surface area contributed by atoms with E-state index in [1.54, 1.807) is 12.1 Å². The van der Waals surface area contributed by atoms with Gasteiger partial charge < -0.3 is 0 Å². The number of hydrogen-bond donors (Lipinski definition) is 0. The highest BCUT2D eigenvalue weighted by molar-refractivity contribution is 7.15. The smallest absolute Gasteiger partial charge is 0.123 e. The van der Waals surface area contributed by atoms with Gasteiger partial charge in [0.15, 0.2) is 0 Å². The van der Waals surface area contributed by atoms with Gasteiger partial charge in [0.2, 0.25) is 0 Å². The molecule has 3 rings (SSSR count). The fourth-order valence-electron chi connectivity index (χ4n) is 2.17. The predicted molar refractivity (Wildman–Crippen MR) is 76.4 cm³/mol. The molecule has 0 saturated heterocycles. The number of thiophene rings is 1. The second-order valence-corrected chi connectivity index (χ2v) is 6.24. The third-order valence-electron chi connectivity index (χ3n) is 3.70. The van der Waals surface area contributed by atoms with Crippen LogP contribution in [0.5, 0.6) is 0 Å². The van der Waals surface area contributed by atoms with Crippen molar-refractivity contribution in [2.45, 2.75) is 25.2 Å². The van der Waals surface area contributed by atoms with Crippen molar-refractivity contribution < 1.29 is 4.39 Å². The quantitative estimate of drug-likeness (QED) is 0.705. The van der Waals surface area contributed by atoms with E-state index in [4.69, 9.17) is 0 Å². The van der Waals surface area contributed by atoms with Crippen LogP contribution in [0.1, 0.15) is 30.2 Å². The Morgan fingerprint density at radius 2 is 2.06 bits per heavy atom. The van der Waals surface area contributed by atoms with E-state index in [0.29, 0.717) is 5.41 Å². The summed E-state index contributed by atoms with van der Waals surface area (Å²) < 4.78 is 13.2. The van der Waals surface area contributed by atoms with Gasteiger partial charge in [-0.1, -0.05) is 25.6 Å². The highest BCUT2D eigenvalue weighted by Crippen LogP contribution is 2.51. The lowest BCUT2D eigenvalue weighted by Crippen LogP contribution is -1.93. The van der Waals surface area contributed by atoms with Crippen molar-refractivity contribution in [1.29, 1.82) is 0 Å². The second kappa shape index (κ2) is 4.06. The van der Waals surface area contributed by atoms with Crippen LogP contribution in [0.25, 0.3) is 16.5 Å². The van der Waals surface area contributed by atoms with E-state index in [0.717, 1.165) is 11.1 Å². The fraction of sp³-hybridized carbons (Fsp3) is 0.250. The van der Waals surface area contributed by atoms with Gasteiger partial charge in [-0.25, -0.2) is 4.39 Å². The van der Waals surface area contributed by atoms with Gasteiger partial charge in [-0.15, -0.1) is 11.3 Å². The van der Waals surface area contributed by atoms with Crippen molar-refractivity contribution in [1.82, 2.24) is 0 Å². The lowest BCUT2D eigenvalue weighted by atomic mass is 10.1. The van der Waals surface area contributed by atoms with Gasteiger partial charge in [-0.2, -0.15) is 0 Å². The molecule has 0 bridgehead atoms. The Morgan fingerprint density at radius 1 is 1.28 bits per heavy atom. The zero-order valence-electron chi connectivity index (χ0n) is 10.4. The zero-order valence-corrected chi connectivity index (χ0v) is 11.2. The van der Waals surface area contributed by atoms with Gasteiger partial charge in [0.05, 0.1) is 0 Å². The molecule has 1 aromatic heterocycles. The zero-order chi connectivity index (χ0) is 12.8. The van der Waals surface area contributed by atoms with E-state index >= 15 is 0 Å². The molecule has 0 unspecified atom stereocenters. The molecule has 18 heavy (non-hydrogen) atoms. The van der Waals surface area contributed by atoms with Crippen LogP contribution in [0, 0.1) is 5.82 Å². The minimum atomic E-state index is -0.209. The number of hydrogen-bond acceptors (Lipinski definition) is 1. The molecule has 1 aliphatic carbocycles.